The van der Waals surface area contributed by atoms with Crippen LogP contribution in [0.3, 0.4) is 0 Å². The highest BCUT2D eigenvalue weighted by Gasteiger charge is 2.62. The lowest BCUT2D eigenvalue weighted by atomic mass is 9.42. The molecule has 1 aromatic carbocycles. The third kappa shape index (κ3) is 2.12. The Morgan fingerprint density at radius 1 is 1.04 bits per heavy atom. The molecule has 6 rings (SSSR count). The van der Waals surface area contributed by atoms with E-state index in [9.17, 15) is 9.50 Å². The Morgan fingerprint density at radius 2 is 1.74 bits per heavy atom. The second-order valence-electron chi connectivity index (χ2n) is 8.81. The number of aliphatic hydroxyl groups is 1. The third-order valence-corrected chi connectivity index (χ3v) is 7.37. The number of hydrogen-bond donors (Lipinski definition) is 2. The van der Waals surface area contributed by atoms with Crippen LogP contribution in [0, 0.1) is 23.6 Å². The van der Waals surface area contributed by atoms with E-state index in [4.69, 9.17) is 0 Å². The molecule has 3 heteroatoms. The van der Waals surface area contributed by atoms with Crippen LogP contribution in [0.1, 0.15) is 50.5 Å². The van der Waals surface area contributed by atoms with E-state index in [1.165, 1.54) is 31.2 Å². The molecule has 1 aromatic rings. The van der Waals surface area contributed by atoms with Crippen molar-refractivity contribution in [3.05, 3.63) is 35.6 Å². The van der Waals surface area contributed by atoms with E-state index >= 15 is 0 Å². The van der Waals surface area contributed by atoms with Crippen molar-refractivity contribution in [3.8, 4) is 0 Å². The van der Waals surface area contributed by atoms with Crippen LogP contribution in [0.5, 0.6) is 0 Å². The van der Waals surface area contributed by atoms with E-state index in [-0.39, 0.29) is 11.2 Å². The van der Waals surface area contributed by atoms with Crippen LogP contribution < -0.4 is 5.32 Å². The van der Waals surface area contributed by atoms with Gasteiger partial charge in [-0.3, -0.25) is 0 Å². The number of benzene rings is 1. The van der Waals surface area contributed by atoms with Gasteiger partial charge in [-0.05, 0) is 92.4 Å². The maximum absolute atomic E-state index is 13.3. The van der Waals surface area contributed by atoms with Crippen LogP contribution in [-0.4, -0.2) is 23.3 Å². The lowest BCUT2D eigenvalue weighted by molar-refractivity contribution is -0.168. The molecular formula is C20H26FNO. The minimum atomic E-state index is -0.477. The fourth-order valence-electron chi connectivity index (χ4n) is 6.98. The summed E-state index contributed by atoms with van der Waals surface area (Å²) in [4.78, 5) is 0. The average molecular weight is 315 g/mol. The summed E-state index contributed by atoms with van der Waals surface area (Å²) in [5.74, 6) is 1.83. The largest absolute Gasteiger partial charge is 0.390 e. The van der Waals surface area contributed by atoms with Crippen LogP contribution in [-0.2, 0) is 5.41 Å². The first-order valence-corrected chi connectivity index (χ1v) is 9.29. The Morgan fingerprint density at radius 3 is 2.35 bits per heavy atom. The predicted molar refractivity (Wildman–Crippen MR) is 87.6 cm³/mol. The van der Waals surface area contributed by atoms with Crippen molar-refractivity contribution in [2.24, 2.45) is 17.8 Å². The van der Waals surface area contributed by atoms with Crippen molar-refractivity contribution < 1.29 is 9.50 Å². The lowest BCUT2D eigenvalue weighted by Crippen LogP contribution is -2.63. The first-order valence-electron chi connectivity index (χ1n) is 9.29. The molecule has 0 amide bonds. The van der Waals surface area contributed by atoms with E-state index in [1.807, 2.05) is 12.1 Å². The molecule has 1 heterocycles. The van der Waals surface area contributed by atoms with Gasteiger partial charge < -0.3 is 10.4 Å². The van der Waals surface area contributed by atoms with Crippen LogP contribution >= 0.6 is 0 Å². The number of halogens is 1. The van der Waals surface area contributed by atoms with Gasteiger partial charge in [-0.2, -0.15) is 0 Å². The normalized spacial score (nSPS) is 48.1. The predicted octanol–water partition coefficient (Wildman–Crippen LogP) is 3.39. The Labute approximate surface area is 137 Å². The average Bonchev–Trinajstić information content (AvgIpc) is 2.99. The van der Waals surface area contributed by atoms with E-state index in [2.05, 4.69) is 5.32 Å². The van der Waals surface area contributed by atoms with Crippen molar-refractivity contribution in [3.63, 3.8) is 0 Å². The van der Waals surface area contributed by atoms with Crippen molar-refractivity contribution in [2.75, 3.05) is 6.54 Å². The molecule has 5 aliphatic rings. The van der Waals surface area contributed by atoms with Gasteiger partial charge in [-0.25, -0.2) is 4.39 Å². The van der Waals surface area contributed by atoms with Crippen LogP contribution in [0.2, 0.25) is 0 Å². The third-order valence-electron chi connectivity index (χ3n) is 7.37. The molecule has 1 saturated heterocycles. The highest BCUT2D eigenvalue weighted by atomic mass is 19.1. The van der Waals surface area contributed by atoms with Gasteiger partial charge in [0.25, 0.3) is 0 Å². The van der Waals surface area contributed by atoms with Crippen molar-refractivity contribution in [1.82, 2.24) is 5.32 Å². The summed E-state index contributed by atoms with van der Waals surface area (Å²) in [7, 11) is 0. The molecule has 3 atom stereocenters. The fraction of sp³-hybridized carbons (Fsp3) is 0.700. The van der Waals surface area contributed by atoms with Gasteiger partial charge in [0.1, 0.15) is 5.82 Å². The first kappa shape index (κ1) is 14.4. The van der Waals surface area contributed by atoms with Gasteiger partial charge in [-0.15, -0.1) is 0 Å². The summed E-state index contributed by atoms with van der Waals surface area (Å²) in [6.45, 7) is 1.16. The molecule has 4 saturated carbocycles. The molecule has 0 radical (unpaired) electrons. The van der Waals surface area contributed by atoms with E-state index in [0.29, 0.717) is 17.9 Å². The van der Waals surface area contributed by atoms with Gasteiger partial charge in [0.05, 0.1) is 5.60 Å². The molecule has 2 nitrogen and oxygen atoms in total. The summed E-state index contributed by atoms with van der Waals surface area (Å²) < 4.78 is 13.3. The maximum Gasteiger partial charge on any atom is 0.123 e. The van der Waals surface area contributed by atoms with Gasteiger partial charge in [0.15, 0.2) is 0 Å². The van der Waals surface area contributed by atoms with Gasteiger partial charge in [0, 0.05) is 6.04 Å². The highest BCUT2D eigenvalue weighted by molar-refractivity contribution is 5.32. The standard InChI is InChI=1S/C20H26FNO/c21-16-5-3-15(4-6-16)19-8-13-10-20(23,12-19)11-14(9-19)18(13)17-2-1-7-22-17/h3-6,13-14,17-18,22-23H,1-2,7-12H2. The number of rotatable bonds is 2. The molecule has 0 aromatic heterocycles. The zero-order valence-electron chi connectivity index (χ0n) is 13.6. The summed E-state index contributed by atoms with van der Waals surface area (Å²) in [5, 5.41) is 14.9. The minimum absolute atomic E-state index is 0.0867. The van der Waals surface area contributed by atoms with E-state index in [1.54, 1.807) is 12.1 Å². The Hall–Kier alpha value is -0.930. The monoisotopic (exact) mass is 315 g/mol. The van der Waals surface area contributed by atoms with Crippen molar-refractivity contribution in [2.45, 2.75) is 62.0 Å². The smallest absolute Gasteiger partial charge is 0.123 e. The molecule has 3 unspecified atom stereocenters. The minimum Gasteiger partial charge on any atom is -0.390 e. The Balaban J connectivity index is 1.51. The highest BCUT2D eigenvalue weighted by Crippen LogP contribution is 2.65. The maximum atomic E-state index is 13.3. The first-order chi connectivity index (χ1) is 11.1. The molecule has 124 valence electrons. The summed E-state index contributed by atoms with van der Waals surface area (Å²) >= 11 is 0. The summed E-state index contributed by atoms with van der Waals surface area (Å²) in [5.41, 5.74) is 0.864. The fourth-order valence-corrected chi connectivity index (χ4v) is 6.98. The molecule has 5 fully saturated rings. The molecule has 2 N–H and O–H groups in total. The van der Waals surface area contributed by atoms with E-state index in [0.717, 1.165) is 31.7 Å². The molecule has 23 heavy (non-hydrogen) atoms. The van der Waals surface area contributed by atoms with Crippen molar-refractivity contribution >= 4 is 0 Å². The topological polar surface area (TPSA) is 32.3 Å². The molecule has 4 aliphatic carbocycles. The zero-order chi connectivity index (χ0) is 15.7. The quantitative estimate of drug-likeness (QED) is 0.877. The van der Waals surface area contributed by atoms with Gasteiger partial charge >= 0.3 is 0 Å². The van der Waals surface area contributed by atoms with Crippen LogP contribution in [0.25, 0.3) is 0 Å². The Kier molecular flexibility index (Phi) is 3.01. The Bertz CT molecular complexity index is 591. The van der Waals surface area contributed by atoms with Crippen molar-refractivity contribution in [1.29, 1.82) is 0 Å². The van der Waals surface area contributed by atoms with Gasteiger partial charge in [0.2, 0.25) is 0 Å². The van der Waals surface area contributed by atoms with Gasteiger partial charge in [-0.1, -0.05) is 12.1 Å². The summed E-state index contributed by atoms with van der Waals surface area (Å²) in [6, 6.07) is 7.78. The molecule has 4 bridgehead atoms. The van der Waals surface area contributed by atoms with E-state index < -0.39 is 5.60 Å². The van der Waals surface area contributed by atoms with Crippen LogP contribution in [0.4, 0.5) is 4.39 Å². The second-order valence-corrected chi connectivity index (χ2v) is 8.81. The number of hydrogen-bond acceptors (Lipinski definition) is 2. The number of nitrogens with one attached hydrogen (secondary N) is 1. The zero-order valence-corrected chi connectivity index (χ0v) is 13.6. The second kappa shape index (κ2) is 4.80. The summed E-state index contributed by atoms with van der Waals surface area (Å²) in [6.07, 6.45) is 7.81. The lowest BCUT2D eigenvalue weighted by Gasteiger charge is -2.64. The van der Waals surface area contributed by atoms with Crippen LogP contribution in [0.15, 0.2) is 24.3 Å². The SMILES string of the molecule is OC12CC3CC(c4ccc(F)cc4)(CC(C1)C3C1CCCN1)C2. The molecular weight excluding hydrogens is 289 g/mol. The molecule has 0 spiro atoms. The molecule has 1 aliphatic heterocycles.